The molecule has 104 valence electrons. The predicted molar refractivity (Wildman–Crippen MR) is 75.4 cm³/mol. The number of fused-ring (bicyclic) bond motifs is 1. The molecule has 1 heterocycles. The second-order valence-electron chi connectivity index (χ2n) is 5.02. The third-order valence-corrected chi connectivity index (χ3v) is 3.84. The number of rotatable bonds is 1. The Morgan fingerprint density at radius 1 is 1.05 bits per heavy atom. The summed E-state index contributed by atoms with van der Waals surface area (Å²) in [5.74, 6) is -0.296. The molecule has 0 aliphatic heterocycles. The first-order chi connectivity index (χ1) is 9.63. The minimum atomic E-state index is -0.519. The van der Waals surface area contributed by atoms with Crippen molar-refractivity contribution in [2.75, 3.05) is 0 Å². The van der Waals surface area contributed by atoms with Gasteiger partial charge in [-0.2, -0.15) is 0 Å². The van der Waals surface area contributed by atoms with Crippen LogP contribution in [0.1, 0.15) is 30.5 Å². The summed E-state index contributed by atoms with van der Waals surface area (Å²) in [5, 5.41) is 9.92. The molecule has 3 rings (SSSR count). The fourth-order valence-electron chi connectivity index (χ4n) is 2.56. The van der Waals surface area contributed by atoms with Crippen LogP contribution >= 0.6 is 11.6 Å². The van der Waals surface area contributed by atoms with E-state index < -0.39 is 5.82 Å². The summed E-state index contributed by atoms with van der Waals surface area (Å²) >= 11 is 6.24. The van der Waals surface area contributed by atoms with Crippen molar-refractivity contribution >= 4 is 11.6 Å². The predicted octanol–water partition coefficient (Wildman–Crippen LogP) is 3.91. The van der Waals surface area contributed by atoms with E-state index in [-0.39, 0.29) is 5.75 Å². The van der Waals surface area contributed by atoms with Crippen molar-refractivity contribution < 1.29 is 9.50 Å². The van der Waals surface area contributed by atoms with Gasteiger partial charge in [-0.3, -0.25) is 0 Å². The van der Waals surface area contributed by atoms with Gasteiger partial charge in [0.05, 0.1) is 0 Å². The molecule has 1 aliphatic rings. The van der Waals surface area contributed by atoms with E-state index in [1.54, 1.807) is 0 Å². The molecule has 0 saturated heterocycles. The molecule has 0 bridgehead atoms. The first-order valence-electron chi connectivity index (χ1n) is 6.69. The molecule has 0 spiro atoms. The maximum Gasteiger partial charge on any atom is 0.161 e. The molecule has 20 heavy (non-hydrogen) atoms. The van der Waals surface area contributed by atoms with Crippen LogP contribution in [0.5, 0.6) is 5.75 Å². The van der Waals surface area contributed by atoms with Gasteiger partial charge in [0.1, 0.15) is 16.7 Å². The van der Waals surface area contributed by atoms with Crippen molar-refractivity contribution in [3.63, 3.8) is 0 Å². The average molecular weight is 293 g/mol. The molecule has 0 atom stereocenters. The number of halogens is 2. The number of aromatic hydroxyl groups is 1. The second-order valence-corrected chi connectivity index (χ2v) is 5.38. The Kier molecular flexibility index (Phi) is 3.57. The van der Waals surface area contributed by atoms with Gasteiger partial charge in [0, 0.05) is 22.9 Å². The molecule has 1 aromatic carbocycles. The van der Waals surface area contributed by atoms with E-state index in [0.717, 1.165) is 49.4 Å². The highest BCUT2D eigenvalue weighted by atomic mass is 35.5. The highest BCUT2D eigenvalue weighted by Crippen LogP contribution is 2.29. The first kappa shape index (κ1) is 13.3. The number of phenolic OH excluding ortho intramolecular Hbond substituents is 1. The van der Waals surface area contributed by atoms with Gasteiger partial charge < -0.3 is 5.11 Å². The maximum absolute atomic E-state index is 13.4. The molecule has 1 N–H and O–H groups in total. The van der Waals surface area contributed by atoms with E-state index in [1.807, 2.05) is 0 Å². The van der Waals surface area contributed by atoms with Crippen LogP contribution in [0.3, 0.4) is 0 Å². The van der Waals surface area contributed by atoms with E-state index in [0.29, 0.717) is 16.5 Å². The zero-order valence-electron chi connectivity index (χ0n) is 10.9. The molecule has 0 unspecified atom stereocenters. The minimum absolute atomic E-state index is 0.144. The molecule has 2 aromatic rings. The third-order valence-electron chi connectivity index (χ3n) is 3.52. The van der Waals surface area contributed by atoms with Crippen LogP contribution in [0.25, 0.3) is 11.4 Å². The largest absolute Gasteiger partial charge is 0.508 e. The van der Waals surface area contributed by atoms with Crippen LogP contribution in [0.15, 0.2) is 18.2 Å². The molecule has 5 heteroatoms. The number of hydrogen-bond donors (Lipinski definition) is 1. The summed E-state index contributed by atoms with van der Waals surface area (Å²) in [6.07, 6.45) is 5.09. The zero-order chi connectivity index (χ0) is 14.1. The molecule has 0 saturated carbocycles. The van der Waals surface area contributed by atoms with E-state index in [4.69, 9.17) is 11.6 Å². The van der Waals surface area contributed by atoms with Crippen LogP contribution in [-0.4, -0.2) is 15.1 Å². The van der Waals surface area contributed by atoms with Crippen LogP contribution in [-0.2, 0) is 12.8 Å². The van der Waals surface area contributed by atoms with Crippen LogP contribution in [0, 0.1) is 5.82 Å². The molecule has 0 fully saturated rings. The first-order valence-corrected chi connectivity index (χ1v) is 7.06. The summed E-state index contributed by atoms with van der Waals surface area (Å²) in [5.41, 5.74) is 2.39. The topological polar surface area (TPSA) is 46.0 Å². The fourth-order valence-corrected chi connectivity index (χ4v) is 2.84. The number of hydrogen-bond acceptors (Lipinski definition) is 3. The summed E-state index contributed by atoms with van der Waals surface area (Å²) in [4.78, 5) is 8.77. The Bertz CT molecular complexity index is 640. The van der Waals surface area contributed by atoms with Gasteiger partial charge in [-0.25, -0.2) is 14.4 Å². The summed E-state index contributed by atoms with van der Waals surface area (Å²) in [6.45, 7) is 0. The molecule has 1 aliphatic carbocycles. The monoisotopic (exact) mass is 292 g/mol. The normalized spacial score (nSPS) is 14.7. The Balaban J connectivity index is 2.10. The number of nitrogens with zero attached hydrogens (tertiary/aromatic N) is 2. The van der Waals surface area contributed by atoms with Crippen LogP contribution < -0.4 is 0 Å². The maximum atomic E-state index is 13.4. The van der Waals surface area contributed by atoms with Crippen molar-refractivity contribution in [2.45, 2.75) is 32.1 Å². The highest BCUT2D eigenvalue weighted by Gasteiger charge is 2.17. The van der Waals surface area contributed by atoms with Crippen LogP contribution in [0.4, 0.5) is 4.39 Å². The molecule has 1 aromatic heterocycles. The van der Waals surface area contributed by atoms with Crippen molar-refractivity contribution in [3.05, 3.63) is 40.4 Å². The molecule has 0 radical (unpaired) electrons. The Morgan fingerprint density at radius 3 is 2.65 bits per heavy atom. The molecular formula is C15H14ClFN2O. The quantitative estimate of drug-likeness (QED) is 0.640. The Morgan fingerprint density at radius 2 is 1.85 bits per heavy atom. The number of benzene rings is 1. The van der Waals surface area contributed by atoms with E-state index in [9.17, 15) is 9.50 Å². The van der Waals surface area contributed by atoms with Crippen molar-refractivity contribution in [1.82, 2.24) is 9.97 Å². The second kappa shape index (κ2) is 5.37. The SMILES string of the molecule is Oc1cc(F)cc(-c2nc(Cl)c3c(n2)CCCCC3)c1. The average Bonchev–Trinajstić information content (AvgIpc) is 2.63. The van der Waals surface area contributed by atoms with E-state index in [2.05, 4.69) is 9.97 Å². The fraction of sp³-hybridized carbons (Fsp3) is 0.333. The third kappa shape index (κ3) is 2.61. The van der Waals surface area contributed by atoms with Crippen molar-refractivity contribution in [3.8, 4) is 17.1 Å². The molecular weight excluding hydrogens is 279 g/mol. The van der Waals surface area contributed by atoms with Gasteiger partial charge in [0.2, 0.25) is 0 Å². The summed E-state index contributed by atoms with van der Waals surface area (Å²) in [6, 6.07) is 3.79. The minimum Gasteiger partial charge on any atom is -0.508 e. The lowest BCUT2D eigenvalue weighted by Gasteiger charge is -2.10. The zero-order valence-corrected chi connectivity index (χ0v) is 11.6. The van der Waals surface area contributed by atoms with Crippen molar-refractivity contribution in [1.29, 1.82) is 0 Å². The number of aromatic nitrogens is 2. The Hall–Kier alpha value is -1.68. The summed E-state index contributed by atoms with van der Waals surface area (Å²) < 4.78 is 13.4. The van der Waals surface area contributed by atoms with E-state index in [1.165, 1.54) is 12.1 Å². The van der Waals surface area contributed by atoms with Gasteiger partial charge in [-0.15, -0.1) is 0 Å². The molecule has 0 amide bonds. The highest BCUT2D eigenvalue weighted by molar-refractivity contribution is 6.30. The van der Waals surface area contributed by atoms with Gasteiger partial charge in [0.25, 0.3) is 0 Å². The smallest absolute Gasteiger partial charge is 0.161 e. The Labute approximate surface area is 121 Å². The van der Waals surface area contributed by atoms with Gasteiger partial charge >= 0.3 is 0 Å². The number of aryl methyl sites for hydroxylation is 1. The van der Waals surface area contributed by atoms with Crippen LogP contribution in [0.2, 0.25) is 5.15 Å². The number of phenols is 1. The lowest BCUT2D eigenvalue weighted by atomic mass is 10.1. The lowest BCUT2D eigenvalue weighted by Crippen LogP contribution is -2.02. The summed E-state index contributed by atoms with van der Waals surface area (Å²) in [7, 11) is 0. The van der Waals surface area contributed by atoms with E-state index >= 15 is 0 Å². The molecule has 3 nitrogen and oxygen atoms in total. The van der Waals surface area contributed by atoms with Gasteiger partial charge in [-0.05, 0) is 37.8 Å². The van der Waals surface area contributed by atoms with Gasteiger partial charge in [0.15, 0.2) is 5.82 Å². The van der Waals surface area contributed by atoms with Crippen molar-refractivity contribution in [2.24, 2.45) is 0 Å². The standard InChI is InChI=1S/C15H14ClFN2O/c16-14-12-4-2-1-3-5-13(12)18-15(19-14)9-6-10(17)8-11(20)7-9/h6-8,20H,1-5H2. The lowest BCUT2D eigenvalue weighted by molar-refractivity contribution is 0.469. The van der Waals surface area contributed by atoms with Gasteiger partial charge in [-0.1, -0.05) is 18.0 Å².